The molecule has 35 heavy (non-hydrogen) atoms. The number of nitrogens with two attached hydrogens (primary N) is 1. The molecule has 1 amide bonds. The van der Waals surface area contributed by atoms with Crippen molar-refractivity contribution < 1.29 is 19.4 Å². The summed E-state index contributed by atoms with van der Waals surface area (Å²) in [6.45, 7) is 6.25. The third-order valence-electron chi connectivity index (χ3n) is 6.37. The van der Waals surface area contributed by atoms with E-state index in [-0.39, 0.29) is 12.6 Å². The minimum Gasteiger partial charge on any atom is -0.488 e. The summed E-state index contributed by atoms with van der Waals surface area (Å²) in [6, 6.07) is 12.4. The smallest absolute Gasteiger partial charge is 0.250 e. The van der Waals surface area contributed by atoms with Crippen LogP contribution >= 0.6 is 0 Å². The number of primary amides is 1. The Morgan fingerprint density at radius 2 is 2.03 bits per heavy atom. The standard InChI is InChI=1S/C28H37N3O4/c1-3-20-5-8-25(26(18-20)35-23-6-7-23)34-14-10-30-19(2)15-21-16-22-9-12-31(11-4-13-32)27(22)24(17-21)28(29)33/h5,8-9,12,16-19,23,30,32H,3-4,6-7,10-11,13-15H2,1-2H3,(H2,29,33). The zero-order valence-corrected chi connectivity index (χ0v) is 20.8. The maximum absolute atomic E-state index is 12.2. The van der Waals surface area contributed by atoms with E-state index in [4.69, 9.17) is 20.3 Å². The predicted molar refractivity (Wildman–Crippen MR) is 138 cm³/mol. The zero-order valence-electron chi connectivity index (χ0n) is 20.8. The average molecular weight is 480 g/mol. The van der Waals surface area contributed by atoms with Crippen LogP contribution in [0, 0.1) is 0 Å². The fraction of sp³-hybridized carbons (Fsp3) is 0.464. The van der Waals surface area contributed by atoms with E-state index in [2.05, 4.69) is 37.4 Å². The Morgan fingerprint density at radius 1 is 1.20 bits per heavy atom. The third kappa shape index (κ3) is 6.55. The van der Waals surface area contributed by atoms with Gasteiger partial charge in [0.2, 0.25) is 0 Å². The first-order valence-electron chi connectivity index (χ1n) is 12.7. The number of carbonyl (C=O) groups is 1. The summed E-state index contributed by atoms with van der Waals surface area (Å²) in [6.07, 6.45) is 6.87. The van der Waals surface area contributed by atoms with Gasteiger partial charge in [0, 0.05) is 37.3 Å². The van der Waals surface area contributed by atoms with Gasteiger partial charge in [-0.25, -0.2) is 0 Å². The van der Waals surface area contributed by atoms with Crippen molar-refractivity contribution in [3.63, 3.8) is 0 Å². The highest BCUT2D eigenvalue weighted by molar-refractivity contribution is 6.05. The molecule has 0 radical (unpaired) electrons. The molecule has 1 fully saturated rings. The Kier molecular flexibility index (Phi) is 8.31. The molecule has 188 valence electrons. The molecule has 0 saturated heterocycles. The fourth-order valence-electron chi connectivity index (χ4n) is 4.39. The predicted octanol–water partition coefficient (Wildman–Crippen LogP) is 3.83. The van der Waals surface area contributed by atoms with Gasteiger partial charge in [0.1, 0.15) is 6.61 Å². The maximum atomic E-state index is 12.2. The van der Waals surface area contributed by atoms with Gasteiger partial charge in [0.15, 0.2) is 11.5 Å². The molecule has 3 aromatic rings. The number of nitrogens with one attached hydrogen (secondary N) is 1. The minimum atomic E-state index is -0.437. The highest BCUT2D eigenvalue weighted by atomic mass is 16.5. The molecule has 0 aliphatic heterocycles. The lowest BCUT2D eigenvalue weighted by atomic mass is 10.0. The first-order chi connectivity index (χ1) is 17.0. The summed E-state index contributed by atoms with van der Waals surface area (Å²) < 4.78 is 14.1. The number of nitrogens with zero attached hydrogens (tertiary/aromatic N) is 1. The van der Waals surface area contributed by atoms with Crippen molar-refractivity contribution >= 4 is 16.8 Å². The maximum Gasteiger partial charge on any atom is 0.250 e. The van der Waals surface area contributed by atoms with Crippen molar-refractivity contribution in [2.24, 2.45) is 5.73 Å². The molecule has 7 nitrogen and oxygen atoms in total. The van der Waals surface area contributed by atoms with E-state index < -0.39 is 5.91 Å². The van der Waals surface area contributed by atoms with E-state index in [1.54, 1.807) is 0 Å². The number of carbonyl (C=O) groups excluding carboxylic acids is 1. The van der Waals surface area contributed by atoms with Crippen molar-refractivity contribution in [2.45, 2.75) is 64.6 Å². The van der Waals surface area contributed by atoms with Gasteiger partial charge in [-0.15, -0.1) is 0 Å². The minimum absolute atomic E-state index is 0.107. The number of ether oxygens (including phenoxy) is 2. The normalized spacial score (nSPS) is 14.3. The molecule has 1 aliphatic carbocycles. The van der Waals surface area contributed by atoms with Crippen LogP contribution < -0.4 is 20.5 Å². The van der Waals surface area contributed by atoms with Gasteiger partial charge in [0.05, 0.1) is 17.2 Å². The Labute approximate surface area is 207 Å². The molecule has 4 N–H and O–H groups in total. The number of amides is 1. The highest BCUT2D eigenvalue weighted by Gasteiger charge is 2.25. The van der Waals surface area contributed by atoms with E-state index >= 15 is 0 Å². The van der Waals surface area contributed by atoms with Crippen LogP contribution in [0.1, 0.15) is 54.6 Å². The Bertz CT molecular complexity index is 1150. The average Bonchev–Trinajstić information content (AvgIpc) is 3.57. The number of benzene rings is 2. The number of aliphatic hydroxyl groups is 1. The molecule has 1 saturated carbocycles. The van der Waals surface area contributed by atoms with Gasteiger partial charge in [0.25, 0.3) is 5.91 Å². The van der Waals surface area contributed by atoms with Crippen LogP contribution in [0.25, 0.3) is 10.9 Å². The first-order valence-corrected chi connectivity index (χ1v) is 12.7. The molecule has 1 aromatic heterocycles. The molecule has 1 atom stereocenters. The van der Waals surface area contributed by atoms with Crippen LogP contribution in [0.15, 0.2) is 42.6 Å². The first kappa shape index (κ1) is 25.1. The number of rotatable bonds is 14. The number of hydrogen-bond donors (Lipinski definition) is 3. The Hall–Kier alpha value is -3.03. The molecule has 1 heterocycles. The molecule has 0 bridgehead atoms. The van der Waals surface area contributed by atoms with Crippen molar-refractivity contribution in [3.8, 4) is 11.5 Å². The molecule has 1 aliphatic rings. The lowest BCUT2D eigenvalue weighted by Crippen LogP contribution is -2.32. The molecule has 1 unspecified atom stereocenters. The summed E-state index contributed by atoms with van der Waals surface area (Å²) in [5, 5.41) is 13.7. The lowest BCUT2D eigenvalue weighted by molar-refractivity contribution is 0.100. The third-order valence-corrected chi connectivity index (χ3v) is 6.37. The quantitative estimate of drug-likeness (QED) is 0.305. The van der Waals surface area contributed by atoms with Crippen molar-refractivity contribution in [1.29, 1.82) is 0 Å². The summed E-state index contributed by atoms with van der Waals surface area (Å²) in [4.78, 5) is 12.2. The van der Waals surface area contributed by atoms with E-state index in [1.807, 2.05) is 29.0 Å². The van der Waals surface area contributed by atoms with Crippen LogP contribution in [0.5, 0.6) is 11.5 Å². The molecule has 7 heteroatoms. The van der Waals surface area contributed by atoms with Gasteiger partial charge in [-0.05, 0) is 80.5 Å². The van der Waals surface area contributed by atoms with Crippen LogP contribution in [0.4, 0.5) is 0 Å². The molecule has 0 spiro atoms. The second kappa shape index (κ2) is 11.6. The van der Waals surface area contributed by atoms with Gasteiger partial charge in [-0.3, -0.25) is 4.79 Å². The number of aryl methyl sites for hydroxylation is 2. The number of aliphatic hydroxyl groups excluding tert-OH is 1. The van der Waals surface area contributed by atoms with E-state index in [0.717, 1.165) is 53.6 Å². The summed E-state index contributed by atoms with van der Waals surface area (Å²) in [5.41, 5.74) is 9.37. The van der Waals surface area contributed by atoms with E-state index in [0.29, 0.717) is 37.8 Å². The summed E-state index contributed by atoms with van der Waals surface area (Å²) >= 11 is 0. The number of aromatic nitrogens is 1. The van der Waals surface area contributed by atoms with Crippen molar-refractivity contribution in [3.05, 3.63) is 59.3 Å². The summed E-state index contributed by atoms with van der Waals surface area (Å²) in [7, 11) is 0. The van der Waals surface area contributed by atoms with Gasteiger partial charge >= 0.3 is 0 Å². The van der Waals surface area contributed by atoms with E-state index in [9.17, 15) is 4.79 Å². The van der Waals surface area contributed by atoms with Gasteiger partial charge in [-0.1, -0.05) is 13.0 Å². The zero-order chi connectivity index (χ0) is 24.8. The number of hydrogen-bond acceptors (Lipinski definition) is 5. The number of fused-ring (bicyclic) bond motifs is 1. The highest BCUT2D eigenvalue weighted by Crippen LogP contribution is 2.34. The van der Waals surface area contributed by atoms with Crippen LogP contribution in [-0.4, -0.2) is 47.5 Å². The van der Waals surface area contributed by atoms with Crippen LogP contribution in [-0.2, 0) is 19.4 Å². The van der Waals surface area contributed by atoms with Crippen LogP contribution in [0.3, 0.4) is 0 Å². The molecular formula is C28H37N3O4. The second-order valence-corrected chi connectivity index (χ2v) is 9.39. The largest absolute Gasteiger partial charge is 0.488 e. The Balaban J connectivity index is 1.34. The summed E-state index contributed by atoms with van der Waals surface area (Å²) in [5.74, 6) is 1.21. The lowest BCUT2D eigenvalue weighted by Gasteiger charge is -2.17. The van der Waals surface area contributed by atoms with Crippen LogP contribution in [0.2, 0.25) is 0 Å². The van der Waals surface area contributed by atoms with Gasteiger partial charge < -0.3 is 30.2 Å². The van der Waals surface area contributed by atoms with Crippen molar-refractivity contribution in [2.75, 3.05) is 19.8 Å². The van der Waals surface area contributed by atoms with E-state index in [1.165, 1.54) is 5.56 Å². The fourth-order valence-corrected chi connectivity index (χ4v) is 4.39. The second-order valence-electron chi connectivity index (χ2n) is 9.39. The molecular weight excluding hydrogens is 442 g/mol. The van der Waals surface area contributed by atoms with Gasteiger partial charge in [-0.2, -0.15) is 0 Å². The Morgan fingerprint density at radius 3 is 2.74 bits per heavy atom. The topological polar surface area (TPSA) is 98.7 Å². The molecule has 4 rings (SSSR count). The monoisotopic (exact) mass is 479 g/mol. The van der Waals surface area contributed by atoms with Crippen molar-refractivity contribution in [1.82, 2.24) is 9.88 Å². The molecule has 2 aromatic carbocycles. The SMILES string of the molecule is CCc1ccc(OCCNC(C)Cc2cc(C(N)=O)c3c(ccn3CCCO)c2)c(OC2CC2)c1.